The molecule has 23 heteroatoms. The van der Waals surface area contributed by atoms with Crippen molar-refractivity contribution in [3.63, 3.8) is 0 Å². The second kappa shape index (κ2) is 11.8. The van der Waals surface area contributed by atoms with E-state index < -0.39 is 68.6 Å². The van der Waals surface area contributed by atoms with Gasteiger partial charge in [-0.3, -0.25) is 18.7 Å². The number of fused-ring (bicyclic) bond motifs is 5. The van der Waals surface area contributed by atoms with Crippen LogP contribution in [0.3, 0.4) is 0 Å². The van der Waals surface area contributed by atoms with Crippen LogP contribution in [0.4, 0.5) is 15.0 Å². The third kappa shape index (κ3) is 5.30. The number of aromatic nitrogens is 4. The largest absolute Gasteiger partial charge is 0.469 e. The van der Waals surface area contributed by atoms with Crippen molar-refractivity contribution in [3.05, 3.63) is 34.9 Å². The van der Waals surface area contributed by atoms with Gasteiger partial charge in [0, 0.05) is 30.8 Å². The number of ketones is 2. The van der Waals surface area contributed by atoms with Gasteiger partial charge in [-0.05, 0) is 6.92 Å². The second-order valence-electron chi connectivity index (χ2n) is 11.5. The summed E-state index contributed by atoms with van der Waals surface area (Å²) in [5, 5.41) is 23.3. The van der Waals surface area contributed by atoms with E-state index in [-0.39, 0.29) is 58.3 Å². The minimum absolute atomic E-state index is 0.0586. The molecule has 11 N–H and O–H groups in total. The van der Waals surface area contributed by atoms with Gasteiger partial charge in [0.25, 0.3) is 0 Å². The molecule has 2 aromatic heterocycles. The van der Waals surface area contributed by atoms with Crippen molar-refractivity contribution in [1.29, 1.82) is 0 Å². The molecule has 0 radical (unpaired) electrons. The minimum atomic E-state index is -4.78. The van der Waals surface area contributed by atoms with Crippen molar-refractivity contribution >= 4 is 42.5 Å². The summed E-state index contributed by atoms with van der Waals surface area (Å²) in [4.78, 5) is 66.5. The van der Waals surface area contributed by atoms with Gasteiger partial charge in [0.2, 0.25) is 11.6 Å². The average Bonchev–Trinajstić information content (AvgIpc) is 3.27. The van der Waals surface area contributed by atoms with Gasteiger partial charge in [-0.15, -0.1) is 0 Å². The number of nitrogens with one attached hydrogen (secondary N) is 1. The van der Waals surface area contributed by atoms with Crippen LogP contribution in [0.15, 0.2) is 28.9 Å². The first-order chi connectivity index (χ1) is 22.5. The number of aliphatic hydroxyl groups is 2. The lowest BCUT2D eigenvalue weighted by Gasteiger charge is -2.39. The fraction of sp³-hybridized carbons (Fsp3) is 0.520. The highest BCUT2D eigenvalue weighted by molar-refractivity contribution is 7.46. The highest BCUT2D eigenvalue weighted by Gasteiger charge is 2.72. The number of primary amides is 1. The Morgan fingerprint density at radius 1 is 1.21 bits per heavy atom. The van der Waals surface area contributed by atoms with Gasteiger partial charge in [-0.2, -0.15) is 14.4 Å². The van der Waals surface area contributed by atoms with Gasteiger partial charge in [0.15, 0.2) is 28.9 Å². The molecule has 0 unspecified atom stereocenters. The summed E-state index contributed by atoms with van der Waals surface area (Å²) in [6.07, 6.45) is -6.41. The molecular weight excluding hydrogens is 668 g/mol. The zero-order valence-corrected chi connectivity index (χ0v) is 26.0. The number of hydrogen-bond donors (Lipinski definition) is 8. The standard InChI is InChI=1S/C15H18N4O5.C10H13FN5O7P/c1-5-9(16)12(21)8-6(4-24-14(17)22)15(23-2)13-7(18-13)3-19(15)10(8)11(5)20;11-10-14-7(12)4-8(15-10)16(2-13-4)9-6(18)5(17)3(23-9)1-22-24(19,20)21/h6-7,13,18H,3-4,16H2,1-2H3,(H2,17,22);2-3,5-6,9,17-18H,1H2,(H2,12,14,15)(H2,19,20,21)/t6-,7+,13+,15-;3-,5-,6+,9-/m11/s1. The van der Waals surface area contributed by atoms with E-state index in [2.05, 4.69) is 24.8 Å². The third-order valence-corrected chi connectivity index (χ3v) is 9.40. The number of methoxy groups -OCH3 is 1. The van der Waals surface area contributed by atoms with Crippen LogP contribution in [-0.2, 0) is 32.9 Å². The Kier molecular flexibility index (Phi) is 8.29. The van der Waals surface area contributed by atoms with Gasteiger partial charge >= 0.3 is 20.0 Å². The van der Waals surface area contributed by atoms with Crippen LogP contribution in [0.1, 0.15) is 13.2 Å². The summed E-state index contributed by atoms with van der Waals surface area (Å²) < 4.78 is 45.6. The number of rotatable bonds is 7. The molecule has 21 nitrogen and oxygen atoms in total. The number of nitrogens with zero attached hydrogens (tertiary/aromatic N) is 5. The number of carbonyl (C=O) groups excluding carboxylic acids is 3. The summed E-state index contributed by atoms with van der Waals surface area (Å²) in [6, 6.07) is 0.109. The SMILES string of the molecule is CO[C@@]12[C@H](COC(N)=O)C3=C(C(=O)C(C)=C(N)C3=O)N1C[C@@H]1N[C@@H]12.Nc1nc(F)nc2c1ncn2[C@@H]1O[C@H](COP(=O)(O)O)[C@@H](O)[C@@H]1O. The highest BCUT2D eigenvalue weighted by Crippen LogP contribution is 2.55. The number of imidazole rings is 1. The monoisotopic (exact) mass is 699 g/mol. The zero-order chi connectivity index (χ0) is 35.0. The lowest BCUT2D eigenvalue weighted by Crippen LogP contribution is -2.55. The Bertz CT molecular complexity index is 1830. The van der Waals surface area contributed by atoms with E-state index in [0.717, 1.165) is 10.9 Å². The number of Topliss-reactive ketones (excluding diaryl/α,β-unsaturated/α-hetero) is 2. The smallest absolute Gasteiger partial charge is 0.449 e. The number of amides is 1. The van der Waals surface area contributed by atoms with Crippen molar-refractivity contribution in [2.24, 2.45) is 17.4 Å². The molecule has 7 rings (SSSR count). The number of nitrogen functional groups attached to an aromatic ring is 1. The van der Waals surface area contributed by atoms with Crippen molar-refractivity contribution in [2.45, 2.75) is 49.3 Å². The molecule has 0 bridgehead atoms. The van der Waals surface area contributed by atoms with Crippen molar-refractivity contribution in [3.8, 4) is 0 Å². The Morgan fingerprint density at radius 2 is 1.92 bits per heavy atom. The number of allylic oxidation sites excluding steroid dienone is 2. The van der Waals surface area contributed by atoms with Gasteiger partial charge in [0.1, 0.15) is 24.9 Å². The summed E-state index contributed by atoms with van der Waals surface area (Å²) in [5.74, 6) is -1.56. The van der Waals surface area contributed by atoms with E-state index in [4.69, 9.17) is 41.2 Å². The molecule has 2 aromatic rings. The molecule has 1 aliphatic carbocycles. The number of aliphatic hydroxyl groups excluding tert-OH is 2. The molecule has 3 saturated heterocycles. The van der Waals surface area contributed by atoms with E-state index >= 15 is 0 Å². The highest BCUT2D eigenvalue weighted by atomic mass is 31.2. The van der Waals surface area contributed by atoms with Crippen LogP contribution < -0.4 is 22.5 Å². The van der Waals surface area contributed by atoms with E-state index in [9.17, 15) is 33.6 Å². The molecule has 8 atom stereocenters. The van der Waals surface area contributed by atoms with Crippen LogP contribution in [-0.4, -0.2) is 125 Å². The molecule has 6 heterocycles. The fourth-order valence-corrected chi connectivity index (χ4v) is 7.02. The molecule has 0 saturated carbocycles. The van der Waals surface area contributed by atoms with Crippen LogP contribution in [0, 0.1) is 12.0 Å². The first kappa shape index (κ1) is 33.8. The van der Waals surface area contributed by atoms with Crippen LogP contribution >= 0.6 is 7.82 Å². The van der Waals surface area contributed by atoms with Crippen LogP contribution in [0.25, 0.3) is 11.2 Å². The second-order valence-corrected chi connectivity index (χ2v) is 12.7. The molecule has 3 fully saturated rings. The molecule has 0 aromatic carbocycles. The van der Waals surface area contributed by atoms with Crippen molar-refractivity contribution < 1.29 is 62.1 Å². The van der Waals surface area contributed by atoms with E-state index in [1.54, 1.807) is 0 Å². The number of hydrogen-bond acceptors (Lipinski definition) is 17. The van der Waals surface area contributed by atoms with Crippen molar-refractivity contribution in [1.82, 2.24) is 29.7 Å². The number of phosphoric acid groups is 1. The Hall–Kier alpha value is -4.12. The molecule has 0 spiro atoms. The van der Waals surface area contributed by atoms with E-state index in [0.29, 0.717) is 12.2 Å². The number of carbonyl (C=O) groups is 3. The Balaban J connectivity index is 0.000000167. The van der Waals surface area contributed by atoms with E-state index in [1.807, 2.05) is 4.90 Å². The fourth-order valence-electron chi connectivity index (χ4n) is 6.67. The molecular formula is C25H31FN9O12P. The Labute approximate surface area is 268 Å². The lowest BCUT2D eigenvalue weighted by molar-refractivity contribution is -0.137. The first-order valence-electron chi connectivity index (χ1n) is 14.2. The third-order valence-electron chi connectivity index (χ3n) is 8.91. The normalized spacial score (nSPS) is 32.3. The molecule has 1 amide bonds. The van der Waals surface area contributed by atoms with E-state index in [1.165, 1.54) is 14.0 Å². The first-order valence-corrected chi connectivity index (χ1v) is 15.7. The number of phosphoric ester groups is 1. The molecule has 4 aliphatic heterocycles. The van der Waals surface area contributed by atoms with Gasteiger partial charge < -0.3 is 61.6 Å². The number of nitrogens with two attached hydrogens (primary N) is 3. The number of anilines is 1. The number of ether oxygens (including phenoxy) is 3. The zero-order valence-electron chi connectivity index (χ0n) is 25.1. The summed E-state index contributed by atoms with van der Waals surface area (Å²) in [7, 11) is -3.26. The predicted octanol–water partition coefficient (Wildman–Crippen LogP) is -3.38. The van der Waals surface area contributed by atoms with Crippen molar-refractivity contribution in [2.75, 3.05) is 32.6 Å². The van der Waals surface area contributed by atoms with Crippen LogP contribution in [0.5, 0.6) is 0 Å². The summed E-state index contributed by atoms with van der Waals surface area (Å²) >= 11 is 0. The molecule has 5 aliphatic rings. The van der Waals surface area contributed by atoms with Crippen LogP contribution in [0.2, 0.25) is 0 Å². The maximum absolute atomic E-state index is 13.3. The number of halogens is 1. The van der Waals surface area contributed by atoms with Gasteiger partial charge in [-0.1, -0.05) is 0 Å². The summed E-state index contributed by atoms with van der Waals surface area (Å²) in [5.41, 5.74) is 16.2. The average molecular weight is 700 g/mol. The minimum Gasteiger partial charge on any atom is -0.449 e. The predicted molar refractivity (Wildman–Crippen MR) is 154 cm³/mol. The lowest BCUT2D eigenvalue weighted by atomic mass is 9.82. The maximum Gasteiger partial charge on any atom is 0.469 e. The molecule has 48 heavy (non-hydrogen) atoms. The molecule has 260 valence electrons. The van der Waals surface area contributed by atoms with Gasteiger partial charge in [0.05, 0.1) is 36.3 Å². The quantitative estimate of drug-likeness (QED) is 0.0605. The number of piperazine rings is 1. The summed E-state index contributed by atoms with van der Waals surface area (Å²) in [6.45, 7) is 1.25. The Morgan fingerprint density at radius 3 is 2.56 bits per heavy atom. The maximum atomic E-state index is 13.3. The topological polar surface area (TPSA) is 333 Å². The van der Waals surface area contributed by atoms with Gasteiger partial charge in [-0.25, -0.2) is 14.3 Å².